The topological polar surface area (TPSA) is 56.6 Å². The van der Waals surface area contributed by atoms with Crippen LogP contribution in [0.4, 0.5) is 5.82 Å². The van der Waals surface area contributed by atoms with Crippen LogP contribution in [0.2, 0.25) is 0 Å². The third-order valence-electron chi connectivity index (χ3n) is 2.92. The zero-order valence-corrected chi connectivity index (χ0v) is 10.5. The van der Waals surface area contributed by atoms with Gasteiger partial charge in [-0.15, -0.1) is 0 Å². The molecule has 88 valence electrons. The van der Waals surface area contributed by atoms with Crippen molar-refractivity contribution in [1.29, 1.82) is 0 Å². The van der Waals surface area contributed by atoms with E-state index in [2.05, 4.69) is 25.8 Å². The van der Waals surface area contributed by atoms with Crippen molar-refractivity contribution in [3.63, 3.8) is 0 Å². The molecular weight excluding hydrogens is 272 g/mol. The summed E-state index contributed by atoms with van der Waals surface area (Å²) in [5, 5.41) is 18.4. The summed E-state index contributed by atoms with van der Waals surface area (Å²) in [5.41, 5.74) is 0.827. The minimum absolute atomic E-state index is 0.0118. The molecule has 1 aromatic heterocycles. The molecule has 0 saturated carbocycles. The van der Waals surface area contributed by atoms with Crippen molar-refractivity contribution in [3.05, 3.63) is 22.3 Å². The molecule has 0 spiro atoms. The third kappa shape index (κ3) is 2.36. The zero-order valence-electron chi connectivity index (χ0n) is 8.93. The molecule has 1 aliphatic heterocycles. The fourth-order valence-corrected chi connectivity index (χ4v) is 2.43. The highest BCUT2D eigenvalue weighted by molar-refractivity contribution is 9.10. The van der Waals surface area contributed by atoms with Gasteiger partial charge in [0, 0.05) is 41.8 Å². The standard InChI is InChI=1S/C11H15BrN2O2/c12-10-3-9(7-16)11(13-4-10)14-2-1-8(5-14)6-15/h3-4,8,15-16H,1-2,5-7H2. The van der Waals surface area contributed by atoms with Gasteiger partial charge in [-0.1, -0.05) is 0 Å². The van der Waals surface area contributed by atoms with Crippen molar-refractivity contribution in [2.75, 3.05) is 24.6 Å². The molecule has 2 N–H and O–H groups in total. The second kappa shape index (κ2) is 5.12. The van der Waals surface area contributed by atoms with Gasteiger partial charge in [0.25, 0.3) is 0 Å². The number of pyridine rings is 1. The van der Waals surface area contributed by atoms with Crippen LogP contribution >= 0.6 is 15.9 Å². The van der Waals surface area contributed by atoms with E-state index in [1.54, 1.807) is 6.20 Å². The van der Waals surface area contributed by atoms with Gasteiger partial charge in [-0.2, -0.15) is 0 Å². The molecule has 1 atom stereocenters. The van der Waals surface area contributed by atoms with Gasteiger partial charge in [-0.3, -0.25) is 0 Å². The summed E-state index contributed by atoms with van der Waals surface area (Å²) in [6.45, 7) is 1.93. The Balaban J connectivity index is 2.20. The molecule has 1 fully saturated rings. The van der Waals surface area contributed by atoms with Crippen LogP contribution in [0.15, 0.2) is 16.7 Å². The quantitative estimate of drug-likeness (QED) is 0.876. The van der Waals surface area contributed by atoms with E-state index in [9.17, 15) is 5.11 Å². The molecule has 1 aromatic rings. The lowest BCUT2D eigenvalue weighted by Crippen LogP contribution is -2.23. The van der Waals surface area contributed by atoms with E-state index in [1.165, 1.54) is 0 Å². The summed E-state index contributed by atoms with van der Waals surface area (Å²) in [6, 6.07) is 1.88. The monoisotopic (exact) mass is 286 g/mol. The van der Waals surface area contributed by atoms with E-state index in [4.69, 9.17) is 5.11 Å². The van der Waals surface area contributed by atoms with Crippen LogP contribution < -0.4 is 4.90 Å². The molecule has 5 heteroatoms. The van der Waals surface area contributed by atoms with Crippen molar-refractivity contribution in [2.45, 2.75) is 13.0 Å². The van der Waals surface area contributed by atoms with Crippen molar-refractivity contribution < 1.29 is 10.2 Å². The van der Waals surface area contributed by atoms with E-state index in [0.29, 0.717) is 5.92 Å². The van der Waals surface area contributed by atoms with Crippen LogP contribution in [0.5, 0.6) is 0 Å². The summed E-state index contributed by atoms with van der Waals surface area (Å²) in [5.74, 6) is 1.17. The number of halogens is 1. The van der Waals surface area contributed by atoms with Gasteiger partial charge in [0.1, 0.15) is 5.82 Å². The van der Waals surface area contributed by atoms with E-state index in [-0.39, 0.29) is 13.2 Å². The molecule has 2 rings (SSSR count). The third-order valence-corrected chi connectivity index (χ3v) is 3.36. The second-order valence-electron chi connectivity index (χ2n) is 4.08. The van der Waals surface area contributed by atoms with E-state index < -0.39 is 0 Å². The molecule has 0 amide bonds. The largest absolute Gasteiger partial charge is 0.396 e. The highest BCUT2D eigenvalue weighted by Crippen LogP contribution is 2.26. The first-order valence-corrected chi connectivity index (χ1v) is 6.15. The predicted octanol–water partition coefficient (Wildman–Crippen LogP) is 1.16. The van der Waals surface area contributed by atoms with Crippen LogP contribution in [0.3, 0.4) is 0 Å². The summed E-state index contributed by atoms with van der Waals surface area (Å²) in [6.07, 6.45) is 2.72. The summed E-state index contributed by atoms with van der Waals surface area (Å²) < 4.78 is 0.873. The van der Waals surface area contributed by atoms with Gasteiger partial charge in [0.2, 0.25) is 0 Å². The number of rotatable bonds is 3. The fourth-order valence-electron chi connectivity index (χ4n) is 2.05. The van der Waals surface area contributed by atoms with Gasteiger partial charge in [-0.05, 0) is 28.4 Å². The van der Waals surface area contributed by atoms with Crippen LogP contribution in [-0.4, -0.2) is 34.9 Å². The highest BCUT2D eigenvalue weighted by atomic mass is 79.9. The second-order valence-corrected chi connectivity index (χ2v) is 4.99. The number of aliphatic hydroxyl groups is 2. The SMILES string of the molecule is OCc1cc(Br)cnc1N1CCC(CO)C1. The summed E-state index contributed by atoms with van der Waals surface area (Å²) >= 11 is 3.34. The Bertz CT molecular complexity index is 373. The Morgan fingerprint density at radius 2 is 2.31 bits per heavy atom. The molecule has 1 saturated heterocycles. The molecule has 1 unspecified atom stereocenters. The first-order chi connectivity index (χ1) is 7.74. The Morgan fingerprint density at radius 3 is 2.94 bits per heavy atom. The number of hydrogen-bond acceptors (Lipinski definition) is 4. The lowest BCUT2D eigenvalue weighted by atomic mass is 10.1. The average Bonchev–Trinajstić information content (AvgIpc) is 2.77. The van der Waals surface area contributed by atoms with Crippen LogP contribution in [-0.2, 0) is 6.61 Å². The Hall–Kier alpha value is -0.650. The normalized spacial score (nSPS) is 20.4. The lowest BCUT2D eigenvalue weighted by molar-refractivity contribution is 0.238. The van der Waals surface area contributed by atoms with E-state index >= 15 is 0 Å². The van der Waals surface area contributed by atoms with E-state index in [1.807, 2.05) is 6.07 Å². The molecule has 16 heavy (non-hydrogen) atoms. The van der Waals surface area contributed by atoms with E-state index in [0.717, 1.165) is 35.4 Å². The molecule has 1 aliphatic rings. The fraction of sp³-hybridized carbons (Fsp3) is 0.545. The van der Waals surface area contributed by atoms with Crippen molar-refractivity contribution >= 4 is 21.7 Å². The maximum atomic E-state index is 9.29. The number of nitrogens with zero attached hydrogens (tertiary/aromatic N) is 2. The first-order valence-electron chi connectivity index (χ1n) is 5.35. The molecule has 0 aromatic carbocycles. The maximum absolute atomic E-state index is 9.29. The van der Waals surface area contributed by atoms with Gasteiger partial charge >= 0.3 is 0 Å². The van der Waals surface area contributed by atoms with Crippen LogP contribution in [0.1, 0.15) is 12.0 Å². The minimum atomic E-state index is -0.0118. The predicted molar refractivity (Wildman–Crippen MR) is 65.3 cm³/mol. The Labute approximate surface area is 103 Å². The van der Waals surface area contributed by atoms with Gasteiger partial charge < -0.3 is 15.1 Å². The minimum Gasteiger partial charge on any atom is -0.396 e. The average molecular weight is 287 g/mol. The van der Waals surface area contributed by atoms with Crippen LogP contribution in [0, 0.1) is 5.92 Å². The molecule has 0 bridgehead atoms. The molecule has 0 radical (unpaired) electrons. The molecule has 4 nitrogen and oxygen atoms in total. The molecule has 2 heterocycles. The maximum Gasteiger partial charge on any atom is 0.134 e. The lowest BCUT2D eigenvalue weighted by Gasteiger charge is -2.20. The van der Waals surface area contributed by atoms with Gasteiger partial charge in [-0.25, -0.2) is 4.98 Å². The van der Waals surface area contributed by atoms with Gasteiger partial charge in [0.15, 0.2) is 0 Å². The molecular formula is C11H15BrN2O2. The first kappa shape index (κ1) is 11.8. The summed E-state index contributed by atoms with van der Waals surface area (Å²) in [4.78, 5) is 6.46. The van der Waals surface area contributed by atoms with Gasteiger partial charge in [0.05, 0.1) is 6.61 Å². The van der Waals surface area contributed by atoms with Crippen molar-refractivity contribution in [1.82, 2.24) is 4.98 Å². The number of aromatic nitrogens is 1. The Kier molecular flexibility index (Phi) is 3.78. The zero-order chi connectivity index (χ0) is 11.5. The number of hydrogen-bond donors (Lipinski definition) is 2. The smallest absolute Gasteiger partial charge is 0.134 e. The van der Waals surface area contributed by atoms with Crippen molar-refractivity contribution in [3.8, 4) is 0 Å². The van der Waals surface area contributed by atoms with Crippen LogP contribution in [0.25, 0.3) is 0 Å². The van der Waals surface area contributed by atoms with Crippen molar-refractivity contribution in [2.24, 2.45) is 5.92 Å². The summed E-state index contributed by atoms with van der Waals surface area (Å²) in [7, 11) is 0. The number of anilines is 1. The highest BCUT2D eigenvalue weighted by Gasteiger charge is 2.24. The number of aliphatic hydroxyl groups excluding tert-OH is 2. The molecule has 0 aliphatic carbocycles. The Morgan fingerprint density at radius 1 is 1.50 bits per heavy atom.